The van der Waals surface area contributed by atoms with Gasteiger partial charge in [-0.1, -0.05) is 19.1 Å². The fourth-order valence-corrected chi connectivity index (χ4v) is 3.41. The lowest BCUT2D eigenvalue weighted by Gasteiger charge is -2.32. The molecule has 0 aromatic heterocycles. The summed E-state index contributed by atoms with van der Waals surface area (Å²) in [7, 11) is -3.17. The number of rotatable bonds is 4. The van der Waals surface area contributed by atoms with Crippen LogP contribution < -0.4 is 9.62 Å². The molecule has 1 heterocycles. The molecule has 112 valence electrons. The molecule has 2 rings (SSSR count). The zero-order valence-corrected chi connectivity index (χ0v) is 13.3. The summed E-state index contributed by atoms with van der Waals surface area (Å²) in [5.74, 6) is 0.824. The van der Waals surface area contributed by atoms with E-state index in [0.717, 1.165) is 24.6 Å². The molecule has 0 unspecified atom stereocenters. The van der Waals surface area contributed by atoms with Crippen LogP contribution in [0.15, 0.2) is 24.3 Å². The predicted molar refractivity (Wildman–Crippen MR) is 83.4 cm³/mol. The number of benzene rings is 1. The largest absolute Gasteiger partial charge is 0.372 e. The first-order chi connectivity index (χ1) is 9.35. The minimum Gasteiger partial charge on any atom is -0.372 e. The maximum atomic E-state index is 11.2. The first-order valence-electron chi connectivity index (χ1n) is 7.17. The van der Waals surface area contributed by atoms with Crippen molar-refractivity contribution in [3.63, 3.8) is 0 Å². The van der Waals surface area contributed by atoms with Crippen LogP contribution in [0.5, 0.6) is 0 Å². The van der Waals surface area contributed by atoms with Crippen LogP contribution in [-0.4, -0.2) is 27.8 Å². The molecule has 0 bridgehead atoms. The highest BCUT2D eigenvalue weighted by molar-refractivity contribution is 7.88. The van der Waals surface area contributed by atoms with E-state index in [4.69, 9.17) is 0 Å². The van der Waals surface area contributed by atoms with Gasteiger partial charge in [0.2, 0.25) is 10.0 Å². The molecule has 0 radical (unpaired) electrons. The third-order valence-electron chi connectivity index (χ3n) is 3.93. The summed E-state index contributed by atoms with van der Waals surface area (Å²) in [4.78, 5) is 2.40. The van der Waals surface area contributed by atoms with Gasteiger partial charge < -0.3 is 4.90 Å². The Hall–Kier alpha value is -1.07. The summed E-state index contributed by atoms with van der Waals surface area (Å²) < 4.78 is 25.1. The second-order valence-corrected chi connectivity index (χ2v) is 7.65. The summed E-state index contributed by atoms with van der Waals surface area (Å²) in [6.07, 6.45) is 3.67. The van der Waals surface area contributed by atoms with Gasteiger partial charge in [-0.3, -0.25) is 0 Å². The summed E-state index contributed by atoms with van der Waals surface area (Å²) in [5.41, 5.74) is 2.22. The second-order valence-electron chi connectivity index (χ2n) is 5.87. The van der Waals surface area contributed by atoms with Gasteiger partial charge >= 0.3 is 0 Å². The van der Waals surface area contributed by atoms with Crippen LogP contribution in [0.4, 0.5) is 5.69 Å². The number of anilines is 1. The van der Waals surface area contributed by atoms with Crippen molar-refractivity contribution >= 4 is 15.7 Å². The Bertz CT molecular complexity index is 531. The highest BCUT2D eigenvalue weighted by Crippen LogP contribution is 2.24. The number of nitrogens with one attached hydrogen (secondary N) is 1. The van der Waals surface area contributed by atoms with Crippen LogP contribution in [0.2, 0.25) is 0 Å². The van der Waals surface area contributed by atoms with E-state index in [0.29, 0.717) is 0 Å². The molecule has 20 heavy (non-hydrogen) atoms. The SMILES string of the molecule is CC1CCN(c2ccc([C@H](C)NS(C)(=O)=O)cc2)CC1. The molecule has 4 nitrogen and oxygen atoms in total. The highest BCUT2D eigenvalue weighted by Gasteiger charge is 2.16. The topological polar surface area (TPSA) is 49.4 Å². The van der Waals surface area contributed by atoms with Crippen molar-refractivity contribution in [2.45, 2.75) is 32.7 Å². The Morgan fingerprint density at radius 2 is 1.75 bits per heavy atom. The molecule has 1 aliphatic rings. The number of sulfonamides is 1. The molecule has 0 aliphatic carbocycles. The van der Waals surface area contributed by atoms with Crippen molar-refractivity contribution in [3.8, 4) is 0 Å². The van der Waals surface area contributed by atoms with Crippen molar-refractivity contribution in [2.24, 2.45) is 5.92 Å². The zero-order chi connectivity index (χ0) is 14.8. The van der Waals surface area contributed by atoms with E-state index in [9.17, 15) is 8.42 Å². The Morgan fingerprint density at radius 1 is 1.20 bits per heavy atom. The maximum Gasteiger partial charge on any atom is 0.209 e. The lowest BCUT2D eigenvalue weighted by molar-refractivity contribution is 0.438. The minimum absolute atomic E-state index is 0.194. The number of nitrogens with zero attached hydrogens (tertiary/aromatic N) is 1. The molecule has 5 heteroatoms. The standard InChI is InChI=1S/C15H24N2O2S/c1-12-8-10-17(11-9-12)15-6-4-14(5-7-15)13(2)16-20(3,18)19/h4-7,12-13,16H,8-11H2,1-3H3/t13-/m0/s1. The van der Waals surface area contributed by atoms with Crippen molar-refractivity contribution in [1.82, 2.24) is 4.72 Å². The van der Waals surface area contributed by atoms with E-state index in [1.807, 2.05) is 19.1 Å². The van der Waals surface area contributed by atoms with Crippen LogP contribution in [-0.2, 0) is 10.0 Å². The van der Waals surface area contributed by atoms with Gasteiger partial charge in [0.25, 0.3) is 0 Å². The van der Waals surface area contributed by atoms with Crippen LogP contribution >= 0.6 is 0 Å². The van der Waals surface area contributed by atoms with Gasteiger partial charge in [0.1, 0.15) is 0 Å². The van der Waals surface area contributed by atoms with Gasteiger partial charge in [-0.05, 0) is 43.4 Å². The smallest absolute Gasteiger partial charge is 0.209 e. The van der Waals surface area contributed by atoms with E-state index in [-0.39, 0.29) is 6.04 Å². The number of hydrogen-bond acceptors (Lipinski definition) is 3. The van der Waals surface area contributed by atoms with Gasteiger partial charge in [-0.25, -0.2) is 13.1 Å². The Balaban J connectivity index is 2.03. The lowest BCUT2D eigenvalue weighted by Crippen LogP contribution is -2.32. The van der Waals surface area contributed by atoms with Gasteiger partial charge in [-0.15, -0.1) is 0 Å². The summed E-state index contributed by atoms with van der Waals surface area (Å²) >= 11 is 0. The second kappa shape index (κ2) is 6.14. The fourth-order valence-electron chi connectivity index (χ4n) is 2.63. The summed E-state index contributed by atoms with van der Waals surface area (Å²) in [6, 6.07) is 8.00. The van der Waals surface area contributed by atoms with E-state index >= 15 is 0 Å². The molecule has 0 saturated carbocycles. The first-order valence-corrected chi connectivity index (χ1v) is 9.06. The summed E-state index contributed by atoms with van der Waals surface area (Å²) in [6.45, 7) is 6.38. The predicted octanol–water partition coefficient (Wildman–Crippen LogP) is 2.53. The molecule has 0 amide bonds. The molecule has 1 aromatic rings. The third-order valence-corrected chi connectivity index (χ3v) is 4.71. The molecule has 1 aliphatic heterocycles. The molecule has 1 aromatic carbocycles. The Kier molecular flexibility index (Phi) is 4.70. The van der Waals surface area contributed by atoms with Crippen LogP contribution in [0.1, 0.15) is 38.3 Å². The zero-order valence-electron chi connectivity index (χ0n) is 12.5. The molecule has 1 saturated heterocycles. The van der Waals surface area contributed by atoms with Crippen LogP contribution in [0, 0.1) is 5.92 Å². The van der Waals surface area contributed by atoms with Crippen LogP contribution in [0.25, 0.3) is 0 Å². The van der Waals surface area contributed by atoms with Crippen molar-refractivity contribution in [3.05, 3.63) is 29.8 Å². The van der Waals surface area contributed by atoms with Crippen molar-refractivity contribution in [2.75, 3.05) is 24.2 Å². The number of piperidine rings is 1. The molecular formula is C15H24N2O2S. The molecule has 1 atom stereocenters. The highest BCUT2D eigenvalue weighted by atomic mass is 32.2. The molecule has 1 fully saturated rings. The lowest BCUT2D eigenvalue weighted by atomic mass is 9.98. The Morgan fingerprint density at radius 3 is 2.25 bits per heavy atom. The molecular weight excluding hydrogens is 272 g/mol. The maximum absolute atomic E-state index is 11.2. The van der Waals surface area contributed by atoms with Gasteiger partial charge in [0.05, 0.1) is 6.26 Å². The molecule has 1 N–H and O–H groups in total. The minimum atomic E-state index is -3.17. The average Bonchev–Trinajstić information content (AvgIpc) is 2.38. The first kappa shape index (κ1) is 15.3. The quantitative estimate of drug-likeness (QED) is 0.929. The number of hydrogen-bond donors (Lipinski definition) is 1. The van der Waals surface area contributed by atoms with E-state index in [1.165, 1.54) is 24.8 Å². The third kappa shape index (κ3) is 4.21. The monoisotopic (exact) mass is 296 g/mol. The normalized spacial score (nSPS) is 19.1. The van der Waals surface area contributed by atoms with Gasteiger partial charge in [0, 0.05) is 24.8 Å². The van der Waals surface area contributed by atoms with Crippen LogP contribution in [0.3, 0.4) is 0 Å². The molecule has 0 spiro atoms. The Labute approximate surface area is 122 Å². The van der Waals surface area contributed by atoms with Gasteiger partial charge in [-0.2, -0.15) is 0 Å². The summed E-state index contributed by atoms with van der Waals surface area (Å²) in [5, 5.41) is 0. The fraction of sp³-hybridized carbons (Fsp3) is 0.600. The van der Waals surface area contributed by atoms with E-state index in [2.05, 4.69) is 28.7 Å². The van der Waals surface area contributed by atoms with Crippen molar-refractivity contribution in [1.29, 1.82) is 0 Å². The van der Waals surface area contributed by atoms with Gasteiger partial charge in [0.15, 0.2) is 0 Å². The van der Waals surface area contributed by atoms with E-state index in [1.54, 1.807) is 0 Å². The van der Waals surface area contributed by atoms with Crippen molar-refractivity contribution < 1.29 is 8.42 Å². The average molecular weight is 296 g/mol. The van der Waals surface area contributed by atoms with E-state index < -0.39 is 10.0 Å².